The van der Waals surface area contributed by atoms with Crippen LogP contribution in [0.5, 0.6) is 0 Å². The summed E-state index contributed by atoms with van der Waals surface area (Å²) in [7, 11) is 0. The number of hydrogen-bond acceptors (Lipinski definition) is 5. The van der Waals surface area contributed by atoms with Gasteiger partial charge in [-0.2, -0.15) is 0 Å². The maximum absolute atomic E-state index is 13.5. The topological polar surface area (TPSA) is 109 Å². The average Bonchev–Trinajstić information content (AvgIpc) is 3.54. The molecule has 8 nitrogen and oxygen atoms in total. The van der Waals surface area contributed by atoms with Gasteiger partial charge in [0.05, 0.1) is 10.2 Å². The van der Waals surface area contributed by atoms with Crippen molar-refractivity contribution in [1.82, 2.24) is 15.2 Å². The lowest BCUT2D eigenvalue weighted by Gasteiger charge is -2.28. The van der Waals surface area contributed by atoms with Crippen LogP contribution in [0.25, 0.3) is 10.2 Å². The standard InChI is InChI=1S/C31H43N5O3S.ClH/c1-3-35(25-10-8-9-22(2)19-25)29(37)21-36-26-15-18-40-28(26)20-27(36)31(39)34-24-13-11-23(12-14-24)30(38)33-17-7-5-4-6-16-32;/h8-10,15,18-20,23-24H,3-7,11-14,16-17,21,32H2,1-2H3,(H,33,38)(H,34,39);1H. The number of likely N-dealkylation sites (N-methyl/N-ethyl adjacent to an activating group) is 1. The van der Waals surface area contributed by atoms with Gasteiger partial charge in [0.25, 0.3) is 5.91 Å². The molecule has 1 aromatic carbocycles. The zero-order valence-electron chi connectivity index (χ0n) is 24.2. The number of thiophene rings is 1. The summed E-state index contributed by atoms with van der Waals surface area (Å²) >= 11 is 1.56. The van der Waals surface area contributed by atoms with E-state index in [0.717, 1.165) is 79.4 Å². The van der Waals surface area contributed by atoms with E-state index in [1.807, 2.05) is 60.2 Å². The summed E-state index contributed by atoms with van der Waals surface area (Å²) in [5.74, 6) is -0.0899. The first-order chi connectivity index (χ1) is 19.4. The SMILES string of the molecule is CCN(C(=O)Cn1c(C(=O)NC2CCC(C(=O)NCCCCCCN)CC2)cc2sccc21)c1cccc(C)c1.Cl. The number of halogens is 1. The minimum absolute atomic E-state index is 0. The highest BCUT2D eigenvalue weighted by Crippen LogP contribution is 2.28. The Morgan fingerprint density at radius 1 is 1.05 bits per heavy atom. The number of aromatic nitrogens is 1. The molecule has 4 N–H and O–H groups in total. The van der Waals surface area contributed by atoms with E-state index >= 15 is 0 Å². The second-order valence-electron chi connectivity index (χ2n) is 10.8. The number of rotatable bonds is 13. The van der Waals surface area contributed by atoms with Crippen molar-refractivity contribution in [3.63, 3.8) is 0 Å². The normalized spacial score (nSPS) is 16.7. The van der Waals surface area contributed by atoms with Crippen LogP contribution in [0, 0.1) is 12.8 Å². The van der Waals surface area contributed by atoms with Crippen molar-refractivity contribution in [1.29, 1.82) is 0 Å². The van der Waals surface area contributed by atoms with Crippen LogP contribution < -0.4 is 21.3 Å². The third-order valence-electron chi connectivity index (χ3n) is 7.84. The molecular weight excluding hydrogens is 558 g/mol. The van der Waals surface area contributed by atoms with Crippen molar-refractivity contribution in [2.24, 2.45) is 11.7 Å². The summed E-state index contributed by atoms with van der Waals surface area (Å²) in [6.45, 7) is 6.04. The van der Waals surface area contributed by atoms with Crippen LogP contribution in [0.1, 0.15) is 74.3 Å². The number of hydrogen-bond donors (Lipinski definition) is 3. The number of nitrogens with one attached hydrogen (secondary N) is 2. The molecule has 0 radical (unpaired) electrons. The molecule has 1 aliphatic rings. The van der Waals surface area contributed by atoms with E-state index in [2.05, 4.69) is 10.6 Å². The number of carbonyl (C=O) groups excluding carboxylic acids is 3. The van der Waals surface area contributed by atoms with Gasteiger partial charge in [0.2, 0.25) is 11.8 Å². The van der Waals surface area contributed by atoms with Gasteiger partial charge in [0, 0.05) is 30.7 Å². The Morgan fingerprint density at radius 2 is 1.80 bits per heavy atom. The van der Waals surface area contributed by atoms with Crippen LogP contribution >= 0.6 is 23.7 Å². The number of aryl methyl sites for hydroxylation is 1. The molecule has 0 saturated heterocycles. The van der Waals surface area contributed by atoms with Crippen LogP contribution in [0.2, 0.25) is 0 Å². The van der Waals surface area contributed by atoms with Gasteiger partial charge in [-0.25, -0.2) is 0 Å². The lowest BCUT2D eigenvalue weighted by atomic mass is 9.85. The maximum Gasteiger partial charge on any atom is 0.268 e. The van der Waals surface area contributed by atoms with Crippen LogP contribution in [0.4, 0.5) is 5.69 Å². The van der Waals surface area contributed by atoms with Crippen molar-refractivity contribution in [3.05, 3.63) is 53.0 Å². The molecule has 1 aliphatic carbocycles. The number of nitrogens with two attached hydrogens (primary N) is 1. The molecule has 4 rings (SSSR count). The minimum atomic E-state index is -0.166. The number of fused-ring (bicyclic) bond motifs is 1. The summed E-state index contributed by atoms with van der Waals surface area (Å²) in [5.41, 5.74) is 8.88. The van der Waals surface area contributed by atoms with E-state index in [1.165, 1.54) is 0 Å². The molecule has 0 bridgehead atoms. The van der Waals surface area contributed by atoms with Gasteiger partial charge in [-0.15, -0.1) is 23.7 Å². The monoisotopic (exact) mass is 601 g/mol. The molecular formula is C31H44ClN5O3S. The first-order valence-electron chi connectivity index (χ1n) is 14.6. The third-order valence-corrected chi connectivity index (χ3v) is 8.70. The summed E-state index contributed by atoms with van der Waals surface area (Å²) < 4.78 is 2.83. The molecule has 41 heavy (non-hydrogen) atoms. The minimum Gasteiger partial charge on any atom is -0.356 e. The molecule has 2 heterocycles. The molecule has 0 atom stereocenters. The summed E-state index contributed by atoms with van der Waals surface area (Å²) in [6, 6.07) is 11.8. The number of carbonyl (C=O) groups is 3. The summed E-state index contributed by atoms with van der Waals surface area (Å²) in [4.78, 5) is 41.3. The quantitative estimate of drug-likeness (QED) is 0.228. The molecule has 0 unspecified atom stereocenters. The molecule has 0 spiro atoms. The highest BCUT2D eigenvalue weighted by molar-refractivity contribution is 7.17. The Labute approximate surface area is 253 Å². The van der Waals surface area contributed by atoms with Gasteiger partial charge >= 0.3 is 0 Å². The lowest BCUT2D eigenvalue weighted by molar-refractivity contribution is -0.126. The highest BCUT2D eigenvalue weighted by Gasteiger charge is 2.28. The Balaban J connectivity index is 0.00000462. The molecule has 3 aromatic rings. The second kappa shape index (κ2) is 15.9. The fraction of sp³-hybridized carbons (Fsp3) is 0.516. The van der Waals surface area contributed by atoms with Gasteiger partial charge in [-0.1, -0.05) is 25.0 Å². The smallest absolute Gasteiger partial charge is 0.268 e. The Bertz CT molecular complexity index is 1300. The summed E-state index contributed by atoms with van der Waals surface area (Å²) in [6.07, 6.45) is 7.28. The summed E-state index contributed by atoms with van der Waals surface area (Å²) in [5, 5.41) is 8.26. The van der Waals surface area contributed by atoms with Crippen molar-refractivity contribution in [2.45, 2.75) is 77.8 Å². The average molecular weight is 602 g/mol. The molecule has 3 amide bonds. The number of anilines is 1. The van der Waals surface area contributed by atoms with E-state index < -0.39 is 0 Å². The first-order valence-corrected chi connectivity index (χ1v) is 15.5. The molecule has 0 aliphatic heterocycles. The van der Waals surface area contributed by atoms with Gasteiger partial charge in [0.1, 0.15) is 12.2 Å². The first kappa shape index (κ1) is 32.6. The van der Waals surface area contributed by atoms with Gasteiger partial charge in [0.15, 0.2) is 0 Å². The van der Waals surface area contributed by atoms with Crippen molar-refractivity contribution in [3.8, 4) is 0 Å². The molecule has 2 aromatic heterocycles. The number of benzene rings is 1. The number of amides is 3. The molecule has 1 saturated carbocycles. The molecule has 1 fully saturated rings. The van der Waals surface area contributed by atoms with Crippen LogP contribution in [-0.4, -0.2) is 48.0 Å². The maximum atomic E-state index is 13.5. The Morgan fingerprint density at radius 3 is 2.51 bits per heavy atom. The highest BCUT2D eigenvalue weighted by atomic mass is 35.5. The van der Waals surface area contributed by atoms with Gasteiger partial charge in [-0.05, 0) is 94.1 Å². The zero-order valence-corrected chi connectivity index (χ0v) is 25.8. The predicted molar refractivity (Wildman–Crippen MR) is 170 cm³/mol. The lowest BCUT2D eigenvalue weighted by Crippen LogP contribution is -2.42. The van der Waals surface area contributed by atoms with E-state index in [0.29, 0.717) is 18.8 Å². The third kappa shape index (κ3) is 8.56. The van der Waals surface area contributed by atoms with E-state index in [4.69, 9.17) is 5.73 Å². The van der Waals surface area contributed by atoms with Crippen LogP contribution in [-0.2, 0) is 16.1 Å². The number of unbranched alkanes of at least 4 members (excludes halogenated alkanes) is 3. The van der Waals surface area contributed by atoms with Crippen LogP contribution in [0.15, 0.2) is 41.8 Å². The van der Waals surface area contributed by atoms with Crippen LogP contribution in [0.3, 0.4) is 0 Å². The van der Waals surface area contributed by atoms with Gasteiger partial charge in [-0.3, -0.25) is 14.4 Å². The molecule has 10 heteroatoms. The zero-order chi connectivity index (χ0) is 28.5. The van der Waals surface area contributed by atoms with E-state index in [9.17, 15) is 14.4 Å². The van der Waals surface area contributed by atoms with Crippen molar-refractivity contribution in [2.75, 3.05) is 24.5 Å². The largest absolute Gasteiger partial charge is 0.356 e. The van der Waals surface area contributed by atoms with E-state index in [1.54, 1.807) is 16.2 Å². The molecule has 224 valence electrons. The fourth-order valence-electron chi connectivity index (χ4n) is 5.59. The van der Waals surface area contributed by atoms with Crippen molar-refractivity contribution < 1.29 is 14.4 Å². The Kier molecular flexibility index (Phi) is 12.7. The number of nitrogens with zero attached hydrogens (tertiary/aromatic N) is 2. The van der Waals surface area contributed by atoms with Gasteiger partial charge < -0.3 is 25.8 Å². The van der Waals surface area contributed by atoms with Crippen molar-refractivity contribution >= 4 is 57.4 Å². The Hall–Kier alpha value is -2.88. The predicted octanol–water partition coefficient (Wildman–Crippen LogP) is 5.41. The fourth-order valence-corrected chi connectivity index (χ4v) is 6.42. The van der Waals surface area contributed by atoms with E-state index in [-0.39, 0.29) is 48.6 Å². The second-order valence-corrected chi connectivity index (χ2v) is 11.7.